The molecule has 1 aliphatic rings. The molecule has 0 saturated carbocycles. The minimum absolute atomic E-state index is 0.0331. The molecule has 14 nitrogen and oxygen atoms in total. The molecule has 0 aliphatic heterocycles. The number of hydrogen-bond acceptors (Lipinski definition) is 14. The lowest BCUT2D eigenvalue weighted by Gasteiger charge is -2.21. The zero-order chi connectivity index (χ0) is 32.7. The molecule has 18 heteroatoms. The van der Waals surface area contributed by atoms with Crippen molar-refractivity contribution in [3.05, 3.63) is 57.9 Å². The summed E-state index contributed by atoms with van der Waals surface area (Å²) in [7, 11) is -8.01. The molecule has 0 unspecified atom stereocenters. The minimum atomic E-state index is -4.01. The number of anilines is 4. The van der Waals surface area contributed by atoms with Crippen molar-refractivity contribution in [1.82, 2.24) is 0 Å². The summed E-state index contributed by atoms with van der Waals surface area (Å²) < 4.78 is 51.0. The predicted octanol–water partition coefficient (Wildman–Crippen LogP) is 0.604. The molecule has 0 fully saturated rings. The quantitative estimate of drug-likeness (QED) is 0.113. The molecular weight excluding hydrogens is 663 g/mol. The van der Waals surface area contributed by atoms with Crippen molar-refractivity contribution in [1.29, 1.82) is 0 Å². The number of aliphatic hydroxyl groups is 4. The third-order valence-electron chi connectivity index (χ3n) is 6.04. The zero-order valence-corrected chi connectivity index (χ0v) is 26.1. The fourth-order valence-electron chi connectivity index (χ4n) is 4.01. The minimum Gasteiger partial charge on any atom is -0.395 e. The van der Waals surface area contributed by atoms with Crippen molar-refractivity contribution < 1.29 is 46.9 Å². The highest BCUT2D eigenvalue weighted by Gasteiger charge is 2.34. The summed E-state index contributed by atoms with van der Waals surface area (Å²) in [5.74, 6) is -3.07. The lowest BCUT2D eigenvalue weighted by atomic mass is 10.0. The first-order chi connectivity index (χ1) is 20.8. The van der Waals surface area contributed by atoms with Crippen LogP contribution in [0.5, 0.6) is 0 Å². The fourth-order valence-corrected chi connectivity index (χ4v) is 6.95. The summed E-state index contributed by atoms with van der Waals surface area (Å²) >= 11 is 12.6. The topological polar surface area (TPSA) is 231 Å². The maximum absolute atomic E-state index is 13.2. The van der Waals surface area contributed by atoms with Gasteiger partial charge in [0.1, 0.15) is 21.5 Å². The molecule has 2 aromatic carbocycles. The van der Waals surface area contributed by atoms with E-state index in [9.17, 15) is 36.6 Å². The van der Waals surface area contributed by atoms with Crippen molar-refractivity contribution in [2.45, 2.75) is 9.79 Å². The van der Waals surface area contributed by atoms with E-state index in [1.807, 2.05) is 0 Å². The van der Waals surface area contributed by atoms with E-state index in [-0.39, 0.29) is 58.8 Å². The molecular formula is C26H30Cl2N4O10S2. The maximum atomic E-state index is 13.2. The normalized spacial score (nSPS) is 14.2. The van der Waals surface area contributed by atoms with Gasteiger partial charge in [-0.05, 0) is 36.4 Å². The van der Waals surface area contributed by atoms with Crippen molar-refractivity contribution in [3.63, 3.8) is 0 Å². The van der Waals surface area contributed by atoms with Gasteiger partial charge in [-0.25, -0.2) is 16.8 Å². The van der Waals surface area contributed by atoms with Crippen molar-refractivity contribution >= 4 is 77.2 Å². The second kappa shape index (κ2) is 15.2. The molecule has 2 aromatic rings. The van der Waals surface area contributed by atoms with Gasteiger partial charge >= 0.3 is 0 Å². The summed E-state index contributed by atoms with van der Waals surface area (Å²) in [5, 5.41) is 46.2. The monoisotopic (exact) mass is 692 g/mol. The summed E-state index contributed by atoms with van der Waals surface area (Å²) in [6.45, 7) is -1.82. The number of ketones is 2. The van der Waals surface area contributed by atoms with Gasteiger partial charge in [0.2, 0.25) is 11.6 Å². The second-order valence-electron chi connectivity index (χ2n) is 9.09. The largest absolute Gasteiger partial charge is 0.395 e. The van der Waals surface area contributed by atoms with Crippen LogP contribution < -0.4 is 21.3 Å². The van der Waals surface area contributed by atoms with Gasteiger partial charge in [-0.1, -0.05) is 23.2 Å². The van der Waals surface area contributed by atoms with Gasteiger partial charge < -0.3 is 41.7 Å². The smallest absolute Gasteiger partial charge is 0.224 e. The van der Waals surface area contributed by atoms with Gasteiger partial charge in [0, 0.05) is 24.5 Å². The fraction of sp³-hybridized carbons (Fsp3) is 0.308. The first kappa shape index (κ1) is 35.3. The molecule has 0 saturated heterocycles. The molecule has 0 aromatic heterocycles. The van der Waals surface area contributed by atoms with Gasteiger partial charge in [0.05, 0.1) is 59.1 Å². The van der Waals surface area contributed by atoms with E-state index in [1.54, 1.807) is 0 Å². The lowest BCUT2D eigenvalue weighted by molar-refractivity contribution is -0.115. The Morgan fingerprint density at radius 3 is 1.27 bits per heavy atom. The molecule has 8 N–H and O–H groups in total. The molecule has 0 atom stereocenters. The molecule has 1 aliphatic carbocycles. The first-order valence-electron chi connectivity index (χ1n) is 12.9. The van der Waals surface area contributed by atoms with Crippen LogP contribution in [0.1, 0.15) is 0 Å². The number of carbonyl (C=O) groups is 2. The highest BCUT2D eigenvalue weighted by molar-refractivity contribution is 7.91. The van der Waals surface area contributed by atoms with Crippen LogP contribution in [0.4, 0.5) is 22.7 Å². The van der Waals surface area contributed by atoms with Gasteiger partial charge in [0.15, 0.2) is 19.7 Å². The van der Waals surface area contributed by atoms with Crippen LogP contribution in [0.3, 0.4) is 0 Å². The summed E-state index contributed by atoms with van der Waals surface area (Å²) in [4.78, 5) is 26.0. The Balaban J connectivity index is 1.96. The van der Waals surface area contributed by atoms with Crippen LogP contribution in [0.25, 0.3) is 0 Å². The average molecular weight is 694 g/mol. The van der Waals surface area contributed by atoms with E-state index in [0.717, 1.165) is 12.1 Å². The Bertz CT molecular complexity index is 1590. The number of benzene rings is 2. The summed E-state index contributed by atoms with van der Waals surface area (Å²) in [6, 6.07) is 7.81. The number of sulfone groups is 2. The third kappa shape index (κ3) is 8.08. The van der Waals surface area contributed by atoms with Crippen LogP contribution in [0.2, 0.25) is 0 Å². The van der Waals surface area contributed by atoms with Gasteiger partial charge in [-0.15, -0.1) is 0 Å². The van der Waals surface area contributed by atoms with E-state index in [4.69, 9.17) is 33.4 Å². The number of hydrogen-bond donors (Lipinski definition) is 8. The highest BCUT2D eigenvalue weighted by Crippen LogP contribution is 2.34. The van der Waals surface area contributed by atoms with Crippen molar-refractivity contribution in [3.8, 4) is 0 Å². The SMILES string of the molecule is O=C1C(Cl)=C(Nc2ccc(NCCO)c(S(=O)(=O)CCO)c2)C(=O)C(Cl)=C1Nc1ccc(NCCO)c(S(=O)(=O)CCO)c1. The van der Waals surface area contributed by atoms with Crippen LogP contribution in [0.15, 0.2) is 67.6 Å². The number of allylic oxidation sites excluding steroid dienone is 2. The Morgan fingerprint density at radius 1 is 0.591 bits per heavy atom. The highest BCUT2D eigenvalue weighted by atomic mass is 35.5. The Kier molecular flexibility index (Phi) is 12.2. The molecule has 0 heterocycles. The number of carbonyl (C=O) groups excluding carboxylic acids is 2. The average Bonchev–Trinajstić information content (AvgIpc) is 2.98. The van der Waals surface area contributed by atoms with Gasteiger partial charge in [-0.2, -0.15) is 0 Å². The number of halogens is 2. The number of Topliss-reactive ketones (excluding diaryl/α,β-unsaturated/α-hetero) is 2. The Hall–Kier alpha value is -3.22. The molecule has 0 bridgehead atoms. The lowest BCUT2D eigenvalue weighted by Crippen LogP contribution is -2.27. The molecule has 240 valence electrons. The standard InChI is InChI=1S/C26H30Cl2N4O10S2/c27-21-23(31-15-1-3-17(29-5-7-33)19(13-15)43(39,40)11-9-35)25(37)22(28)24(26(21)38)32-16-2-4-18(30-6-8-34)20(14-16)44(41,42)12-10-36/h1-4,13-14,29-36H,5-12H2. The number of rotatable bonds is 16. The Morgan fingerprint density at radius 2 is 0.955 bits per heavy atom. The summed E-state index contributed by atoms with van der Waals surface area (Å²) in [5.41, 5.74) is -0.572. The summed E-state index contributed by atoms with van der Waals surface area (Å²) in [6.07, 6.45) is 0. The van der Waals surface area contributed by atoms with Gasteiger partial charge in [0.25, 0.3) is 0 Å². The second-order valence-corrected chi connectivity index (χ2v) is 14.0. The van der Waals surface area contributed by atoms with E-state index in [2.05, 4.69) is 21.3 Å². The maximum Gasteiger partial charge on any atom is 0.224 e. The van der Waals surface area contributed by atoms with Crippen LogP contribution in [-0.2, 0) is 29.3 Å². The van der Waals surface area contributed by atoms with Gasteiger partial charge in [-0.3, -0.25) is 9.59 Å². The molecule has 44 heavy (non-hydrogen) atoms. The van der Waals surface area contributed by atoms with Crippen LogP contribution >= 0.6 is 23.2 Å². The van der Waals surface area contributed by atoms with Crippen LogP contribution in [-0.4, -0.2) is 99.9 Å². The Labute approximate surface area is 263 Å². The first-order valence-corrected chi connectivity index (χ1v) is 16.9. The zero-order valence-electron chi connectivity index (χ0n) is 22.9. The predicted molar refractivity (Wildman–Crippen MR) is 165 cm³/mol. The van der Waals surface area contributed by atoms with E-state index in [1.165, 1.54) is 24.3 Å². The van der Waals surface area contributed by atoms with Crippen LogP contribution in [0, 0.1) is 0 Å². The third-order valence-corrected chi connectivity index (χ3v) is 10.2. The van der Waals surface area contributed by atoms with E-state index >= 15 is 0 Å². The molecule has 0 radical (unpaired) electrons. The van der Waals surface area contributed by atoms with Crippen molar-refractivity contribution in [2.75, 3.05) is 72.3 Å². The molecule has 0 spiro atoms. The molecule has 3 rings (SSSR count). The van der Waals surface area contributed by atoms with E-state index < -0.39 is 77.4 Å². The number of nitrogens with one attached hydrogen (secondary N) is 4. The molecule has 0 amide bonds. The van der Waals surface area contributed by atoms with Crippen molar-refractivity contribution in [2.24, 2.45) is 0 Å². The number of aliphatic hydroxyl groups excluding tert-OH is 4. The van der Waals surface area contributed by atoms with E-state index in [0.29, 0.717) is 0 Å².